The molecule has 0 radical (unpaired) electrons. The second kappa shape index (κ2) is 8.26. The quantitative estimate of drug-likeness (QED) is 0.615. The average Bonchev–Trinajstić information content (AvgIpc) is 3.09. The number of rotatable bonds is 6. The molecule has 0 aliphatic heterocycles. The molecule has 0 aliphatic rings. The van der Waals surface area contributed by atoms with Gasteiger partial charge in [-0.3, -0.25) is 9.59 Å². The van der Waals surface area contributed by atoms with Gasteiger partial charge in [0.1, 0.15) is 5.82 Å². The number of pyridine rings is 1. The maximum atomic E-state index is 12.0. The van der Waals surface area contributed by atoms with Crippen molar-refractivity contribution in [1.82, 2.24) is 4.98 Å². The highest BCUT2D eigenvalue weighted by Crippen LogP contribution is 2.20. The molecule has 132 valence electrons. The fourth-order valence-corrected chi connectivity index (χ4v) is 3.05. The van der Waals surface area contributed by atoms with Gasteiger partial charge in [0.25, 0.3) is 0 Å². The SMILES string of the molecule is CC(=O)Nc1cccc(Nc2ccc(NC(=O)Cc3cccs3)cn2)c1. The Morgan fingerprint density at radius 3 is 2.54 bits per heavy atom. The van der Waals surface area contributed by atoms with Crippen molar-refractivity contribution in [1.29, 1.82) is 0 Å². The molecule has 7 heteroatoms. The van der Waals surface area contributed by atoms with Crippen molar-refractivity contribution in [3.63, 3.8) is 0 Å². The fourth-order valence-electron chi connectivity index (χ4n) is 2.34. The van der Waals surface area contributed by atoms with E-state index in [-0.39, 0.29) is 11.8 Å². The molecule has 1 aromatic carbocycles. The van der Waals surface area contributed by atoms with Crippen molar-refractivity contribution in [2.45, 2.75) is 13.3 Å². The lowest BCUT2D eigenvalue weighted by molar-refractivity contribution is -0.115. The van der Waals surface area contributed by atoms with Gasteiger partial charge in [0.2, 0.25) is 11.8 Å². The van der Waals surface area contributed by atoms with E-state index >= 15 is 0 Å². The predicted molar refractivity (Wildman–Crippen MR) is 105 cm³/mol. The Kier molecular flexibility index (Phi) is 5.60. The summed E-state index contributed by atoms with van der Waals surface area (Å²) in [6.45, 7) is 1.47. The lowest BCUT2D eigenvalue weighted by Crippen LogP contribution is -2.13. The van der Waals surface area contributed by atoms with Crippen LogP contribution in [0.3, 0.4) is 0 Å². The van der Waals surface area contributed by atoms with Crippen molar-refractivity contribution >= 4 is 46.0 Å². The Hall–Kier alpha value is -3.19. The number of anilines is 4. The molecule has 0 spiro atoms. The van der Waals surface area contributed by atoms with E-state index in [2.05, 4.69) is 20.9 Å². The monoisotopic (exact) mass is 366 g/mol. The number of benzene rings is 1. The van der Waals surface area contributed by atoms with Crippen LogP contribution in [0.15, 0.2) is 60.1 Å². The number of nitrogens with one attached hydrogen (secondary N) is 3. The number of carbonyl (C=O) groups excluding carboxylic acids is 2. The van der Waals surface area contributed by atoms with Crippen LogP contribution in [0.2, 0.25) is 0 Å². The zero-order chi connectivity index (χ0) is 18.4. The summed E-state index contributed by atoms with van der Waals surface area (Å²) in [7, 11) is 0. The highest BCUT2D eigenvalue weighted by Gasteiger charge is 2.06. The summed E-state index contributed by atoms with van der Waals surface area (Å²) in [4.78, 5) is 28.5. The van der Waals surface area contributed by atoms with Gasteiger partial charge in [0.15, 0.2) is 0 Å². The van der Waals surface area contributed by atoms with Crippen molar-refractivity contribution < 1.29 is 9.59 Å². The Balaban J connectivity index is 1.59. The van der Waals surface area contributed by atoms with E-state index in [0.717, 1.165) is 10.6 Å². The van der Waals surface area contributed by atoms with Crippen LogP contribution in [-0.4, -0.2) is 16.8 Å². The van der Waals surface area contributed by atoms with Crippen molar-refractivity contribution in [2.75, 3.05) is 16.0 Å². The average molecular weight is 366 g/mol. The molecular weight excluding hydrogens is 348 g/mol. The minimum absolute atomic E-state index is 0.0713. The van der Waals surface area contributed by atoms with Crippen LogP contribution in [0.25, 0.3) is 0 Å². The second-order valence-electron chi connectivity index (χ2n) is 5.62. The first-order valence-electron chi connectivity index (χ1n) is 8.01. The van der Waals surface area contributed by atoms with Gasteiger partial charge in [-0.25, -0.2) is 4.98 Å². The minimum Gasteiger partial charge on any atom is -0.340 e. The van der Waals surface area contributed by atoms with Crippen LogP contribution in [-0.2, 0) is 16.0 Å². The number of thiophene rings is 1. The Morgan fingerprint density at radius 2 is 1.85 bits per heavy atom. The summed E-state index contributed by atoms with van der Waals surface area (Å²) in [5, 5.41) is 10.7. The lowest BCUT2D eigenvalue weighted by Gasteiger charge is -2.09. The summed E-state index contributed by atoms with van der Waals surface area (Å²) in [5.74, 6) is 0.446. The molecule has 0 atom stereocenters. The molecule has 3 rings (SSSR count). The summed E-state index contributed by atoms with van der Waals surface area (Å²) < 4.78 is 0. The molecule has 0 bridgehead atoms. The summed E-state index contributed by atoms with van der Waals surface area (Å²) in [6.07, 6.45) is 1.96. The van der Waals surface area contributed by atoms with Gasteiger partial charge in [-0.05, 0) is 41.8 Å². The fraction of sp³-hybridized carbons (Fsp3) is 0.105. The number of hydrogen-bond donors (Lipinski definition) is 3. The van der Waals surface area contributed by atoms with Gasteiger partial charge in [-0.2, -0.15) is 0 Å². The first-order chi connectivity index (χ1) is 12.6. The Bertz CT molecular complexity index is 892. The number of aromatic nitrogens is 1. The molecule has 0 fully saturated rings. The third-order valence-corrected chi connectivity index (χ3v) is 4.29. The maximum Gasteiger partial charge on any atom is 0.229 e. The molecule has 0 unspecified atom stereocenters. The Labute approximate surface area is 155 Å². The molecule has 2 amide bonds. The number of hydrogen-bond acceptors (Lipinski definition) is 5. The third-order valence-electron chi connectivity index (χ3n) is 3.42. The molecule has 6 nitrogen and oxygen atoms in total. The highest BCUT2D eigenvalue weighted by molar-refractivity contribution is 7.10. The zero-order valence-electron chi connectivity index (χ0n) is 14.2. The second-order valence-corrected chi connectivity index (χ2v) is 6.66. The van der Waals surface area contributed by atoms with E-state index in [1.54, 1.807) is 29.7 Å². The van der Waals surface area contributed by atoms with Crippen LogP contribution < -0.4 is 16.0 Å². The molecule has 2 aromatic heterocycles. The van der Waals surface area contributed by atoms with E-state index in [4.69, 9.17) is 0 Å². The normalized spacial score (nSPS) is 10.2. The molecule has 26 heavy (non-hydrogen) atoms. The smallest absolute Gasteiger partial charge is 0.229 e. The maximum absolute atomic E-state index is 12.0. The number of carbonyl (C=O) groups is 2. The van der Waals surface area contributed by atoms with Gasteiger partial charge in [0, 0.05) is 23.2 Å². The van der Waals surface area contributed by atoms with Gasteiger partial charge in [0.05, 0.1) is 18.3 Å². The van der Waals surface area contributed by atoms with E-state index in [1.165, 1.54) is 6.92 Å². The standard InChI is InChI=1S/C19H18N4O2S/c1-13(24)21-14-4-2-5-15(10-14)22-18-8-7-16(12-20-18)23-19(25)11-17-6-3-9-26-17/h2-10,12H,11H2,1H3,(H,20,22)(H,21,24)(H,23,25). The topological polar surface area (TPSA) is 83.1 Å². The first-order valence-corrected chi connectivity index (χ1v) is 8.89. The molecule has 2 heterocycles. The molecule has 3 aromatic rings. The summed E-state index contributed by atoms with van der Waals surface area (Å²) in [6, 6.07) is 14.8. The lowest BCUT2D eigenvalue weighted by atomic mass is 10.2. The van der Waals surface area contributed by atoms with Crippen LogP contribution in [0.4, 0.5) is 22.9 Å². The molecular formula is C19H18N4O2S. The third kappa shape index (κ3) is 5.15. The van der Waals surface area contributed by atoms with Crippen molar-refractivity contribution in [3.8, 4) is 0 Å². The van der Waals surface area contributed by atoms with E-state index in [1.807, 2.05) is 41.8 Å². The summed E-state index contributed by atoms with van der Waals surface area (Å²) in [5.41, 5.74) is 2.15. The molecule has 0 saturated carbocycles. The molecule has 0 saturated heterocycles. The zero-order valence-corrected chi connectivity index (χ0v) is 15.0. The van der Waals surface area contributed by atoms with Gasteiger partial charge in [-0.1, -0.05) is 12.1 Å². The minimum atomic E-state index is -0.122. The predicted octanol–water partition coefficient (Wildman–Crippen LogP) is 4.03. The molecule has 3 N–H and O–H groups in total. The highest BCUT2D eigenvalue weighted by atomic mass is 32.1. The van der Waals surface area contributed by atoms with Gasteiger partial charge in [-0.15, -0.1) is 11.3 Å². The van der Waals surface area contributed by atoms with E-state index in [9.17, 15) is 9.59 Å². The number of nitrogens with zero attached hydrogens (tertiary/aromatic N) is 1. The number of amides is 2. The van der Waals surface area contributed by atoms with Crippen molar-refractivity contribution in [3.05, 3.63) is 65.0 Å². The Morgan fingerprint density at radius 1 is 1.00 bits per heavy atom. The molecule has 0 aliphatic carbocycles. The van der Waals surface area contributed by atoms with E-state index in [0.29, 0.717) is 23.6 Å². The van der Waals surface area contributed by atoms with Crippen LogP contribution in [0, 0.1) is 0 Å². The van der Waals surface area contributed by atoms with Crippen LogP contribution in [0.5, 0.6) is 0 Å². The van der Waals surface area contributed by atoms with Gasteiger partial charge >= 0.3 is 0 Å². The largest absolute Gasteiger partial charge is 0.340 e. The van der Waals surface area contributed by atoms with Crippen LogP contribution in [0.1, 0.15) is 11.8 Å². The summed E-state index contributed by atoms with van der Waals surface area (Å²) >= 11 is 1.56. The van der Waals surface area contributed by atoms with Crippen molar-refractivity contribution in [2.24, 2.45) is 0 Å². The van der Waals surface area contributed by atoms with E-state index < -0.39 is 0 Å². The van der Waals surface area contributed by atoms with Gasteiger partial charge < -0.3 is 16.0 Å². The van der Waals surface area contributed by atoms with Crippen LogP contribution >= 0.6 is 11.3 Å². The first kappa shape index (κ1) is 17.6.